The number of anilines is 2. The molecule has 0 fully saturated rings. The van der Waals surface area contributed by atoms with E-state index in [0.717, 1.165) is 21.7 Å². The zero-order valence-corrected chi connectivity index (χ0v) is 15.6. The molecule has 0 aliphatic carbocycles. The third-order valence-electron chi connectivity index (χ3n) is 4.17. The van der Waals surface area contributed by atoms with Gasteiger partial charge in [-0.25, -0.2) is 4.39 Å². The van der Waals surface area contributed by atoms with Crippen molar-refractivity contribution in [1.29, 1.82) is 0 Å². The van der Waals surface area contributed by atoms with E-state index in [1.807, 2.05) is 32.0 Å². The Labute approximate surface area is 155 Å². The van der Waals surface area contributed by atoms with Crippen LogP contribution in [0.3, 0.4) is 0 Å². The first-order valence-corrected chi connectivity index (χ1v) is 9.08. The topological polar surface area (TPSA) is 59.8 Å². The largest absolute Gasteiger partial charge is 0.324 e. The molecule has 0 aliphatic heterocycles. The van der Waals surface area contributed by atoms with Crippen LogP contribution < -0.4 is 10.9 Å². The summed E-state index contributed by atoms with van der Waals surface area (Å²) in [5.41, 5.74) is 3.29. The van der Waals surface area contributed by atoms with Gasteiger partial charge in [-0.2, -0.15) is 0 Å². The molecule has 2 aromatic carbocycles. The average Bonchev–Trinajstić information content (AvgIpc) is 2.63. The van der Waals surface area contributed by atoms with Crippen molar-refractivity contribution >= 4 is 23.4 Å². The normalized spacial score (nSPS) is 10.8. The third kappa shape index (κ3) is 3.94. The molecule has 1 heterocycles. The van der Waals surface area contributed by atoms with Crippen molar-refractivity contribution in [2.24, 2.45) is 7.05 Å². The molecule has 0 saturated carbocycles. The van der Waals surface area contributed by atoms with Crippen LogP contribution in [-0.2, 0) is 12.8 Å². The Bertz CT molecular complexity index is 986. The second-order valence-corrected chi connectivity index (χ2v) is 7.00. The molecule has 0 aliphatic rings. The van der Waals surface area contributed by atoms with Gasteiger partial charge >= 0.3 is 0 Å². The lowest BCUT2D eigenvalue weighted by molar-refractivity contribution is 0.626. The second kappa shape index (κ2) is 7.70. The van der Waals surface area contributed by atoms with E-state index >= 15 is 0 Å². The fraction of sp³-hybridized carbons (Fsp3) is 0.211. The highest BCUT2D eigenvalue weighted by Crippen LogP contribution is 2.22. The molecule has 0 amide bonds. The van der Waals surface area contributed by atoms with E-state index in [-0.39, 0.29) is 11.4 Å². The van der Waals surface area contributed by atoms with Gasteiger partial charge in [0.1, 0.15) is 11.5 Å². The number of thioether (sulfide) groups is 1. The van der Waals surface area contributed by atoms with Crippen LogP contribution in [0.4, 0.5) is 16.0 Å². The quantitative estimate of drug-likeness (QED) is 0.689. The summed E-state index contributed by atoms with van der Waals surface area (Å²) in [6, 6.07) is 12.0. The molecule has 0 saturated heterocycles. The van der Waals surface area contributed by atoms with Crippen LogP contribution in [0, 0.1) is 19.7 Å². The molecular formula is C19H19FN4OS. The van der Waals surface area contributed by atoms with Crippen molar-refractivity contribution < 1.29 is 4.39 Å². The molecule has 7 heteroatoms. The maximum Gasteiger partial charge on any atom is 0.277 e. The maximum atomic E-state index is 13.0. The van der Waals surface area contributed by atoms with E-state index in [4.69, 9.17) is 0 Å². The lowest BCUT2D eigenvalue weighted by Gasteiger charge is -2.13. The Balaban J connectivity index is 1.79. The number of aromatic nitrogens is 3. The van der Waals surface area contributed by atoms with E-state index in [2.05, 4.69) is 15.5 Å². The van der Waals surface area contributed by atoms with Gasteiger partial charge in [-0.1, -0.05) is 12.1 Å². The van der Waals surface area contributed by atoms with Gasteiger partial charge in [-0.05, 0) is 55.3 Å². The number of hydrogen-bond acceptors (Lipinski definition) is 5. The van der Waals surface area contributed by atoms with Crippen LogP contribution in [0.25, 0.3) is 0 Å². The van der Waals surface area contributed by atoms with Crippen LogP contribution in [0.1, 0.15) is 16.8 Å². The molecule has 5 nitrogen and oxygen atoms in total. The van der Waals surface area contributed by atoms with E-state index in [1.54, 1.807) is 19.2 Å². The smallest absolute Gasteiger partial charge is 0.277 e. The number of halogens is 1. The molecule has 1 aromatic heterocycles. The molecule has 26 heavy (non-hydrogen) atoms. The van der Waals surface area contributed by atoms with E-state index in [9.17, 15) is 9.18 Å². The Kier molecular flexibility index (Phi) is 5.37. The average molecular weight is 370 g/mol. The minimum atomic E-state index is -0.285. The predicted molar refractivity (Wildman–Crippen MR) is 102 cm³/mol. The summed E-state index contributed by atoms with van der Waals surface area (Å²) < 4.78 is 14.4. The van der Waals surface area contributed by atoms with Gasteiger partial charge in [-0.3, -0.25) is 9.36 Å². The summed E-state index contributed by atoms with van der Waals surface area (Å²) in [5.74, 6) is 0.473. The van der Waals surface area contributed by atoms with E-state index in [0.29, 0.717) is 17.4 Å². The monoisotopic (exact) mass is 370 g/mol. The zero-order valence-electron chi connectivity index (χ0n) is 14.8. The molecule has 0 unspecified atom stereocenters. The minimum Gasteiger partial charge on any atom is -0.324 e. The molecular weight excluding hydrogens is 351 g/mol. The standard InChI is InChI=1S/C19H19FN4OS/c1-12-5-4-6-16(13(12)2)21-19-23-22-17(18(25)24(19)3)11-26-15-9-7-14(20)8-10-15/h4-10H,11H2,1-3H3,(H,21,23). The fourth-order valence-corrected chi connectivity index (χ4v) is 3.21. The van der Waals surface area contributed by atoms with Gasteiger partial charge < -0.3 is 5.32 Å². The zero-order chi connectivity index (χ0) is 18.7. The molecule has 0 radical (unpaired) electrons. The number of benzene rings is 2. The van der Waals surface area contributed by atoms with Crippen LogP contribution in [0.15, 0.2) is 52.2 Å². The van der Waals surface area contributed by atoms with Crippen LogP contribution >= 0.6 is 11.8 Å². The minimum absolute atomic E-state index is 0.206. The highest BCUT2D eigenvalue weighted by atomic mass is 32.2. The SMILES string of the molecule is Cc1cccc(Nc2nnc(CSc3ccc(F)cc3)c(=O)n2C)c1C. The summed E-state index contributed by atoms with van der Waals surface area (Å²) in [7, 11) is 1.66. The van der Waals surface area contributed by atoms with Gasteiger partial charge in [0.15, 0.2) is 0 Å². The molecule has 3 aromatic rings. The van der Waals surface area contributed by atoms with Crippen LogP contribution in [-0.4, -0.2) is 14.8 Å². The number of rotatable bonds is 5. The van der Waals surface area contributed by atoms with Crippen LogP contribution in [0.2, 0.25) is 0 Å². The first-order chi connectivity index (χ1) is 12.5. The second-order valence-electron chi connectivity index (χ2n) is 5.95. The summed E-state index contributed by atoms with van der Waals surface area (Å²) in [6.45, 7) is 4.04. The molecule has 0 spiro atoms. The Morgan fingerprint density at radius 3 is 2.58 bits per heavy atom. The highest BCUT2D eigenvalue weighted by Gasteiger charge is 2.11. The first kappa shape index (κ1) is 18.1. The van der Waals surface area contributed by atoms with E-state index in [1.165, 1.54) is 28.5 Å². The fourth-order valence-electron chi connectivity index (χ4n) is 2.40. The molecule has 3 rings (SSSR count). The van der Waals surface area contributed by atoms with Crippen molar-refractivity contribution in [2.45, 2.75) is 24.5 Å². The number of nitrogens with one attached hydrogen (secondary N) is 1. The van der Waals surface area contributed by atoms with Crippen molar-refractivity contribution in [3.05, 3.63) is 75.5 Å². The number of hydrogen-bond donors (Lipinski definition) is 1. The Morgan fingerprint density at radius 2 is 1.85 bits per heavy atom. The third-order valence-corrected chi connectivity index (χ3v) is 5.20. The summed E-state index contributed by atoms with van der Waals surface area (Å²) in [4.78, 5) is 13.4. The lowest BCUT2D eigenvalue weighted by atomic mass is 10.1. The predicted octanol–water partition coefficient (Wildman–Crippen LogP) is 3.97. The summed E-state index contributed by atoms with van der Waals surface area (Å²) in [6.07, 6.45) is 0. The summed E-state index contributed by atoms with van der Waals surface area (Å²) >= 11 is 1.42. The molecule has 0 atom stereocenters. The van der Waals surface area contributed by atoms with Gasteiger partial charge in [-0.15, -0.1) is 22.0 Å². The number of aryl methyl sites for hydroxylation is 1. The van der Waals surface area contributed by atoms with Crippen LogP contribution in [0.5, 0.6) is 0 Å². The first-order valence-electron chi connectivity index (χ1n) is 8.10. The van der Waals surface area contributed by atoms with Gasteiger partial charge in [0, 0.05) is 23.4 Å². The van der Waals surface area contributed by atoms with Crippen molar-refractivity contribution in [3.63, 3.8) is 0 Å². The van der Waals surface area contributed by atoms with Crippen molar-refractivity contribution in [1.82, 2.24) is 14.8 Å². The van der Waals surface area contributed by atoms with Gasteiger partial charge in [0.05, 0.1) is 0 Å². The lowest BCUT2D eigenvalue weighted by Crippen LogP contribution is -2.26. The van der Waals surface area contributed by atoms with Gasteiger partial charge in [0.2, 0.25) is 5.95 Å². The summed E-state index contributed by atoms with van der Waals surface area (Å²) in [5, 5.41) is 11.4. The van der Waals surface area contributed by atoms with E-state index < -0.39 is 0 Å². The maximum absolute atomic E-state index is 13.0. The van der Waals surface area contributed by atoms with Crippen molar-refractivity contribution in [3.8, 4) is 0 Å². The molecule has 1 N–H and O–H groups in total. The number of nitrogens with zero attached hydrogens (tertiary/aromatic N) is 3. The highest BCUT2D eigenvalue weighted by molar-refractivity contribution is 7.98. The Hall–Kier alpha value is -2.67. The molecule has 134 valence electrons. The van der Waals surface area contributed by atoms with Gasteiger partial charge in [0.25, 0.3) is 5.56 Å². The molecule has 0 bridgehead atoms. The van der Waals surface area contributed by atoms with Crippen molar-refractivity contribution in [2.75, 3.05) is 5.32 Å². The Morgan fingerprint density at radius 1 is 1.12 bits per heavy atom.